The Morgan fingerprint density at radius 1 is 1.29 bits per heavy atom. The van der Waals surface area contributed by atoms with Gasteiger partial charge in [-0.1, -0.05) is 41.3 Å². The van der Waals surface area contributed by atoms with Crippen LogP contribution in [0.5, 0.6) is 0 Å². The number of halogens is 1. The van der Waals surface area contributed by atoms with Gasteiger partial charge in [-0.05, 0) is 31.0 Å². The fourth-order valence-electron chi connectivity index (χ4n) is 2.70. The molecule has 1 aliphatic carbocycles. The lowest BCUT2D eigenvalue weighted by Gasteiger charge is -2.36. The molecule has 0 aromatic heterocycles. The quantitative estimate of drug-likeness (QED) is 0.825. The SMILES string of the molecule is CS(=O)(=O)c1cccc(C(=O)NC2(CBr)CCCCC2)c1. The van der Waals surface area contributed by atoms with Crippen molar-refractivity contribution in [2.75, 3.05) is 11.6 Å². The topological polar surface area (TPSA) is 63.2 Å². The molecule has 0 saturated heterocycles. The minimum Gasteiger partial charge on any atom is -0.346 e. The first-order valence-electron chi connectivity index (χ1n) is 7.05. The van der Waals surface area contributed by atoms with Gasteiger partial charge in [0, 0.05) is 17.1 Å². The van der Waals surface area contributed by atoms with E-state index >= 15 is 0 Å². The number of hydrogen-bond acceptors (Lipinski definition) is 3. The Balaban J connectivity index is 2.20. The second kappa shape index (κ2) is 6.48. The molecule has 1 aromatic carbocycles. The maximum absolute atomic E-state index is 12.4. The van der Waals surface area contributed by atoms with Crippen LogP contribution >= 0.6 is 15.9 Å². The van der Waals surface area contributed by atoms with Crippen LogP contribution in [0.4, 0.5) is 0 Å². The van der Waals surface area contributed by atoms with Gasteiger partial charge in [-0.25, -0.2) is 8.42 Å². The number of nitrogens with one attached hydrogen (secondary N) is 1. The normalized spacial score (nSPS) is 18.2. The number of benzene rings is 1. The Bertz CT molecular complexity index is 622. The Kier molecular flexibility index (Phi) is 5.09. The van der Waals surface area contributed by atoms with Crippen molar-refractivity contribution < 1.29 is 13.2 Å². The van der Waals surface area contributed by atoms with E-state index in [4.69, 9.17) is 0 Å². The van der Waals surface area contributed by atoms with Crippen LogP contribution in [-0.2, 0) is 9.84 Å². The van der Waals surface area contributed by atoms with E-state index in [1.807, 2.05) is 0 Å². The second-order valence-corrected chi connectivity index (χ2v) is 8.31. The van der Waals surface area contributed by atoms with Crippen LogP contribution in [0.15, 0.2) is 29.2 Å². The van der Waals surface area contributed by atoms with Crippen molar-refractivity contribution in [1.29, 1.82) is 0 Å². The Labute approximate surface area is 134 Å². The third-order valence-electron chi connectivity index (χ3n) is 3.97. The summed E-state index contributed by atoms with van der Waals surface area (Å²) >= 11 is 3.50. The lowest BCUT2D eigenvalue weighted by molar-refractivity contribution is 0.0886. The summed E-state index contributed by atoms with van der Waals surface area (Å²) in [5.74, 6) is -0.207. The maximum atomic E-state index is 12.4. The summed E-state index contributed by atoms with van der Waals surface area (Å²) in [6.45, 7) is 0. The van der Waals surface area contributed by atoms with Gasteiger partial charge in [0.1, 0.15) is 0 Å². The van der Waals surface area contributed by atoms with Crippen molar-refractivity contribution in [3.63, 3.8) is 0 Å². The van der Waals surface area contributed by atoms with Gasteiger partial charge in [-0.2, -0.15) is 0 Å². The average molecular weight is 374 g/mol. The summed E-state index contributed by atoms with van der Waals surface area (Å²) < 4.78 is 23.2. The highest BCUT2D eigenvalue weighted by molar-refractivity contribution is 9.09. The molecule has 0 atom stereocenters. The number of rotatable bonds is 4. The lowest BCUT2D eigenvalue weighted by Crippen LogP contribution is -2.51. The fraction of sp³-hybridized carbons (Fsp3) is 0.533. The molecule has 1 saturated carbocycles. The van der Waals surface area contributed by atoms with Gasteiger partial charge in [0.2, 0.25) is 0 Å². The Morgan fingerprint density at radius 3 is 2.52 bits per heavy atom. The van der Waals surface area contributed by atoms with Crippen LogP contribution in [0.3, 0.4) is 0 Å². The summed E-state index contributed by atoms with van der Waals surface area (Å²) in [4.78, 5) is 12.6. The van der Waals surface area contributed by atoms with Crippen LogP contribution in [0, 0.1) is 0 Å². The molecule has 4 nitrogen and oxygen atoms in total. The predicted molar refractivity (Wildman–Crippen MR) is 86.6 cm³/mol. The van der Waals surface area contributed by atoms with Crippen LogP contribution in [-0.4, -0.2) is 31.4 Å². The number of hydrogen-bond donors (Lipinski definition) is 1. The van der Waals surface area contributed by atoms with E-state index in [2.05, 4.69) is 21.2 Å². The lowest BCUT2D eigenvalue weighted by atomic mass is 9.83. The molecule has 6 heteroatoms. The molecule has 0 heterocycles. The summed E-state index contributed by atoms with van der Waals surface area (Å²) in [5.41, 5.74) is 0.181. The zero-order chi connectivity index (χ0) is 15.5. The number of carbonyl (C=O) groups is 1. The zero-order valence-electron chi connectivity index (χ0n) is 12.1. The molecule has 1 N–H and O–H groups in total. The molecule has 1 amide bonds. The number of alkyl halides is 1. The van der Waals surface area contributed by atoms with Gasteiger partial charge in [0.15, 0.2) is 9.84 Å². The minimum absolute atomic E-state index is 0.173. The molecular weight excluding hydrogens is 354 g/mol. The van der Waals surface area contributed by atoms with Crippen molar-refractivity contribution >= 4 is 31.7 Å². The monoisotopic (exact) mass is 373 g/mol. The van der Waals surface area contributed by atoms with E-state index < -0.39 is 9.84 Å². The second-order valence-electron chi connectivity index (χ2n) is 5.73. The fourth-order valence-corrected chi connectivity index (χ4v) is 4.07. The highest BCUT2D eigenvalue weighted by Crippen LogP contribution is 2.30. The third-order valence-corrected chi connectivity index (χ3v) is 6.15. The molecule has 0 radical (unpaired) electrons. The van der Waals surface area contributed by atoms with E-state index in [9.17, 15) is 13.2 Å². The summed E-state index contributed by atoms with van der Waals surface area (Å²) in [5, 5.41) is 3.82. The molecule has 0 aliphatic heterocycles. The van der Waals surface area contributed by atoms with Crippen molar-refractivity contribution in [3.8, 4) is 0 Å². The van der Waals surface area contributed by atoms with Gasteiger partial charge in [0.05, 0.1) is 10.4 Å². The molecule has 1 aromatic rings. The molecule has 2 rings (SSSR count). The molecule has 1 aliphatic rings. The summed E-state index contributed by atoms with van der Waals surface area (Å²) in [7, 11) is -3.30. The van der Waals surface area contributed by atoms with Crippen LogP contribution in [0.2, 0.25) is 0 Å². The standard InChI is InChI=1S/C15H20BrNO3S/c1-21(19,20)13-7-5-6-12(10-13)14(18)17-15(11-16)8-3-2-4-9-15/h5-7,10H,2-4,8-9,11H2,1H3,(H,17,18). The van der Waals surface area contributed by atoms with Crippen molar-refractivity contribution in [2.24, 2.45) is 0 Å². The molecule has 0 bridgehead atoms. The highest BCUT2D eigenvalue weighted by Gasteiger charge is 2.32. The van der Waals surface area contributed by atoms with Crippen LogP contribution in [0.25, 0.3) is 0 Å². The average Bonchev–Trinajstić information content (AvgIpc) is 2.47. The van der Waals surface area contributed by atoms with E-state index in [1.165, 1.54) is 18.6 Å². The van der Waals surface area contributed by atoms with Gasteiger partial charge in [0.25, 0.3) is 5.91 Å². The zero-order valence-corrected chi connectivity index (χ0v) is 14.5. The number of carbonyl (C=O) groups excluding carboxylic acids is 1. The predicted octanol–water partition coefficient (Wildman–Crippen LogP) is 2.92. The largest absolute Gasteiger partial charge is 0.346 e. The minimum atomic E-state index is -3.30. The van der Waals surface area contributed by atoms with Crippen LogP contribution in [0.1, 0.15) is 42.5 Å². The number of sulfone groups is 1. The number of amides is 1. The molecule has 21 heavy (non-hydrogen) atoms. The summed E-state index contributed by atoms with van der Waals surface area (Å²) in [6, 6.07) is 6.20. The van der Waals surface area contributed by atoms with Gasteiger partial charge in [-0.3, -0.25) is 4.79 Å². The van der Waals surface area contributed by atoms with Crippen molar-refractivity contribution in [1.82, 2.24) is 5.32 Å². The molecular formula is C15H20BrNO3S. The molecule has 116 valence electrons. The van der Waals surface area contributed by atoms with E-state index in [0.29, 0.717) is 5.56 Å². The van der Waals surface area contributed by atoms with E-state index in [0.717, 1.165) is 37.3 Å². The third kappa shape index (κ3) is 4.07. The smallest absolute Gasteiger partial charge is 0.251 e. The van der Waals surface area contributed by atoms with Gasteiger partial charge < -0.3 is 5.32 Å². The van der Waals surface area contributed by atoms with E-state index in [-0.39, 0.29) is 16.3 Å². The van der Waals surface area contributed by atoms with Crippen molar-refractivity contribution in [2.45, 2.75) is 42.5 Å². The first kappa shape index (κ1) is 16.5. The van der Waals surface area contributed by atoms with Crippen molar-refractivity contribution in [3.05, 3.63) is 29.8 Å². The first-order chi connectivity index (χ1) is 9.86. The highest BCUT2D eigenvalue weighted by atomic mass is 79.9. The Morgan fingerprint density at radius 2 is 1.95 bits per heavy atom. The molecule has 1 fully saturated rings. The molecule has 0 spiro atoms. The van der Waals surface area contributed by atoms with E-state index in [1.54, 1.807) is 12.1 Å². The molecule has 0 unspecified atom stereocenters. The van der Waals surface area contributed by atoms with Gasteiger partial charge in [-0.15, -0.1) is 0 Å². The Hall–Kier alpha value is -0.880. The first-order valence-corrected chi connectivity index (χ1v) is 10.1. The summed E-state index contributed by atoms with van der Waals surface area (Å²) in [6.07, 6.45) is 6.47. The maximum Gasteiger partial charge on any atom is 0.251 e. The van der Waals surface area contributed by atoms with Gasteiger partial charge >= 0.3 is 0 Å². The van der Waals surface area contributed by atoms with Crippen LogP contribution < -0.4 is 5.32 Å².